The Bertz CT molecular complexity index is 1040. The minimum absolute atomic E-state index is 0.0676. The Morgan fingerprint density at radius 3 is 2.28 bits per heavy atom. The number of hydrogen-bond donors (Lipinski definition) is 1. The number of nitrogens with one attached hydrogen (secondary N) is 1. The largest absolute Gasteiger partial charge is 0.371 e. The van der Waals surface area contributed by atoms with Crippen molar-refractivity contribution in [1.29, 1.82) is 0 Å². The Kier molecular flexibility index (Phi) is 8.13. The van der Waals surface area contributed by atoms with Crippen molar-refractivity contribution in [1.82, 2.24) is 4.31 Å². The lowest BCUT2D eigenvalue weighted by molar-refractivity contribution is 0.102. The van der Waals surface area contributed by atoms with E-state index in [2.05, 4.69) is 10.2 Å². The number of amides is 1. The highest BCUT2D eigenvalue weighted by Gasteiger charge is 2.26. The van der Waals surface area contributed by atoms with Crippen LogP contribution in [0, 0.1) is 0 Å². The number of hydrogen-bond acceptors (Lipinski definition) is 5. The monoisotopic (exact) mass is 483 g/mol. The van der Waals surface area contributed by atoms with Gasteiger partial charge in [-0.3, -0.25) is 4.79 Å². The molecule has 1 amide bonds. The first-order valence-corrected chi connectivity index (χ1v) is 12.8. The maximum Gasteiger partial charge on any atom is 0.288 e. The van der Waals surface area contributed by atoms with Gasteiger partial charge in [0, 0.05) is 42.4 Å². The summed E-state index contributed by atoms with van der Waals surface area (Å²) in [5.41, 5.74) is 1.40. The average molecular weight is 484 g/mol. The van der Waals surface area contributed by atoms with Crippen molar-refractivity contribution in [2.24, 2.45) is 0 Å². The lowest BCUT2D eigenvalue weighted by atomic mass is 10.1. The molecule has 1 N–H and O–H groups in total. The highest BCUT2D eigenvalue weighted by atomic mass is 32.2. The molecule has 6 nitrogen and oxygen atoms in total. The van der Waals surface area contributed by atoms with E-state index in [4.69, 9.17) is 0 Å². The van der Waals surface area contributed by atoms with Gasteiger partial charge in [-0.2, -0.15) is 13.1 Å². The van der Waals surface area contributed by atoms with E-state index in [1.807, 2.05) is 0 Å². The molecule has 0 spiro atoms. The first-order valence-electron chi connectivity index (χ1n) is 10.5. The smallest absolute Gasteiger partial charge is 0.288 e. The van der Waals surface area contributed by atoms with Crippen LogP contribution in [0.25, 0.3) is 0 Å². The van der Waals surface area contributed by atoms with Crippen LogP contribution in [0.4, 0.5) is 20.2 Å². The molecular weight excluding hydrogens is 456 g/mol. The van der Waals surface area contributed by atoms with E-state index < -0.39 is 21.7 Å². The summed E-state index contributed by atoms with van der Waals surface area (Å²) in [7, 11) is -3.73. The zero-order valence-electron chi connectivity index (χ0n) is 18.1. The first-order chi connectivity index (χ1) is 15.3. The molecule has 0 atom stereocenters. The van der Waals surface area contributed by atoms with E-state index in [9.17, 15) is 22.0 Å². The van der Waals surface area contributed by atoms with Gasteiger partial charge in [-0.1, -0.05) is 25.6 Å². The second-order valence-corrected chi connectivity index (χ2v) is 10.3. The number of carbonyl (C=O) groups excluding carboxylic acids is 1. The number of sulfonamides is 1. The van der Waals surface area contributed by atoms with E-state index in [0.29, 0.717) is 41.1 Å². The summed E-state index contributed by atoms with van der Waals surface area (Å²) in [5.74, 6) is -2.97. The molecule has 0 aliphatic carbocycles. The third-order valence-corrected chi connectivity index (χ3v) is 8.11. The van der Waals surface area contributed by atoms with Crippen molar-refractivity contribution < 1.29 is 22.0 Å². The molecule has 0 bridgehead atoms. The fraction of sp³-hybridized carbons (Fsp3) is 0.409. The van der Waals surface area contributed by atoms with Gasteiger partial charge >= 0.3 is 0 Å². The van der Waals surface area contributed by atoms with E-state index in [1.165, 1.54) is 22.5 Å². The van der Waals surface area contributed by atoms with Crippen LogP contribution in [0.2, 0.25) is 0 Å². The summed E-state index contributed by atoms with van der Waals surface area (Å²) in [4.78, 5) is 15.7. The van der Waals surface area contributed by atoms with Crippen molar-refractivity contribution in [2.45, 2.75) is 42.2 Å². The number of halogens is 2. The van der Waals surface area contributed by atoms with Gasteiger partial charge < -0.3 is 10.2 Å². The summed E-state index contributed by atoms with van der Waals surface area (Å²) in [5, 5.41) is 2.77. The van der Waals surface area contributed by atoms with E-state index in [-0.39, 0.29) is 10.5 Å². The molecule has 1 aliphatic rings. The molecule has 0 saturated carbocycles. The third-order valence-electron chi connectivity index (χ3n) is 5.34. The Hall–Kier alpha value is -2.17. The zero-order valence-corrected chi connectivity index (χ0v) is 19.7. The van der Waals surface area contributed by atoms with Gasteiger partial charge in [0.2, 0.25) is 10.0 Å². The summed E-state index contributed by atoms with van der Waals surface area (Å²) >= 11 is 0.429. The van der Waals surface area contributed by atoms with Gasteiger partial charge in [-0.15, -0.1) is 0 Å². The van der Waals surface area contributed by atoms with Gasteiger partial charge in [-0.05, 0) is 55.3 Å². The number of alkyl halides is 2. The molecule has 1 heterocycles. The SMILES string of the molecule is CCN(CC)S(=O)(=O)c1ccc(N2CCCC2)c(C(=O)Nc2ccc(SC(F)F)cc2)c1. The summed E-state index contributed by atoms with van der Waals surface area (Å²) in [6.07, 6.45) is 2.01. The Morgan fingerprint density at radius 1 is 1.09 bits per heavy atom. The van der Waals surface area contributed by atoms with Crippen LogP contribution in [-0.2, 0) is 10.0 Å². The number of anilines is 2. The highest BCUT2D eigenvalue weighted by molar-refractivity contribution is 7.99. The molecule has 0 aromatic heterocycles. The molecule has 0 unspecified atom stereocenters. The molecule has 0 radical (unpaired) electrons. The van der Waals surface area contributed by atoms with E-state index in [0.717, 1.165) is 25.9 Å². The van der Waals surface area contributed by atoms with Crippen LogP contribution >= 0.6 is 11.8 Å². The minimum Gasteiger partial charge on any atom is -0.371 e. The quantitative estimate of drug-likeness (QED) is 0.515. The van der Waals surface area contributed by atoms with Crippen LogP contribution in [0.5, 0.6) is 0 Å². The van der Waals surface area contributed by atoms with Crippen molar-refractivity contribution in [3.8, 4) is 0 Å². The van der Waals surface area contributed by atoms with Crippen LogP contribution in [0.1, 0.15) is 37.0 Å². The molecule has 32 heavy (non-hydrogen) atoms. The standard InChI is InChI=1S/C22H27F2N3O3S2/c1-3-27(4-2)32(29,30)18-11-12-20(26-13-5-6-14-26)19(15-18)21(28)25-16-7-9-17(10-8-16)31-22(23)24/h7-12,15,22H,3-6,13-14H2,1-2H3,(H,25,28). The minimum atomic E-state index is -3.73. The molecule has 1 fully saturated rings. The van der Waals surface area contributed by atoms with E-state index >= 15 is 0 Å². The average Bonchev–Trinajstić information content (AvgIpc) is 3.30. The third kappa shape index (κ3) is 5.60. The lowest BCUT2D eigenvalue weighted by Gasteiger charge is -2.23. The molecule has 2 aromatic carbocycles. The lowest BCUT2D eigenvalue weighted by Crippen LogP contribution is -2.31. The first kappa shape index (κ1) is 24.5. The van der Waals surface area contributed by atoms with Gasteiger partial charge in [0.15, 0.2) is 0 Å². The van der Waals surface area contributed by atoms with Crippen molar-refractivity contribution in [3.63, 3.8) is 0 Å². The van der Waals surface area contributed by atoms with Crippen LogP contribution in [0.15, 0.2) is 52.3 Å². The number of nitrogens with zero attached hydrogens (tertiary/aromatic N) is 2. The van der Waals surface area contributed by atoms with Gasteiger partial charge in [0.25, 0.3) is 11.7 Å². The van der Waals surface area contributed by atoms with Crippen molar-refractivity contribution >= 4 is 39.1 Å². The highest BCUT2D eigenvalue weighted by Crippen LogP contribution is 2.30. The van der Waals surface area contributed by atoms with Gasteiger partial charge in [0.05, 0.1) is 10.5 Å². The molecule has 174 valence electrons. The molecular formula is C22H27F2N3O3S2. The normalized spacial score (nSPS) is 14.4. The van der Waals surface area contributed by atoms with Crippen molar-refractivity contribution in [3.05, 3.63) is 48.0 Å². The summed E-state index contributed by atoms with van der Waals surface area (Å²) in [6.45, 7) is 5.78. The molecule has 1 saturated heterocycles. The number of thioether (sulfide) groups is 1. The molecule has 3 rings (SSSR count). The van der Waals surface area contributed by atoms with Gasteiger partial charge in [0.1, 0.15) is 0 Å². The Balaban J connectivity index is 1.93. The van der Waals surface area contributed by atoms with Crippen LogP contribution in [0.3, 0.4) is 0 Å². The van der Waals surface area contributed by atoms with Crippen LogP contribution < -0.4 is 10.2 Å². The van der Waals surface area contributed by atoms with Crippen molar-refractivity contribution in [2.75, 3.05) is 36.4 Å². The second-order valence-electron chi connectivity index (χ2n) is 7.32. The predicted molar refractivity (Wildman–Crippen MR) is 124 cm³/mol. The second kappa shape index (κ2) is 10.6. The molecule has 2 aromatic rings. The zero-order chi connectivity index (χ0) is 23.3. The maximum atomic E-state index is 13.2. The number of carbonyl (C=O) groups is 1. The molecule has 10 heteroatoms. The fourth-order valence-electron chi connectivity index (χ4n) is 3.72. The maximum absolute atomic E-state index is 13.2. The molecule has 1 aliphatic heterocycles. The van der Waals surface area contributed by atoms with Crippen LogP contribution in [-0.4, -0.2) is 50.6 Å². The summed E-state index contributed by atoms with van der Waals surface area (Å²) in [6, 6.07) is 10.8. The Labute approximate surface area is 192 Å². The number of benzene rings is 2. The van der Waals surface area contributed by atoms with Gasteiger partial charge in [-0.25, -0.2) is 8.42 Å². The number of rotatable bonds is 9. The fourth-order valence-corrected chi connectivity index (χ4v) is 5.71. The predicted octanol–water partition coefficient (Wildman–Crippen LogP) is 4.88. The Morgan fingerprint density at radius 2 is 1.72 bits per heavy atom. The summed E-state index contributed by atoms with van der Waals surface area (Å²) < 4.78 is 52.4. The van der Waals surface area contributed by atoms with E-state index in [1.54, 1.807) is 38.1 Å². The topological polar surface area (TPSA) is 69.7 Å².